The van der Waals surface area contributed by atoms with Crippen molar-refractivity contribution in [3.63, 3.8) is 0 Å². The summed E-state index contributed by atoms with van der Waals surface area (Å²) >= 11 is 5.84. The molecule has 2 atom stereocenters. The maximum absolute atomic E-state index is 12.1. The highest BCUT2D eigenvalue weighted by atomic mass is 35.5. The first-order chi connectivity index (χ1) is 9.95. The molecule has 0 aliphatic carbocycles. The molecule has 4 nitrogen and oxygen atoms in total. The SMILES string of the molecule is C[C@H](CNC(=O)c1ccc2nc(Cl)ccc2c1)C[C@H](C)O. The molecule has 2 aromatic rings. The van der Waals surface area contributed by atoms with Gasteiger partial charge in [0.05, 0.1) is 11.6 Å². The number of aliphatic hydroxyl groups is 1. The number of nitrogens with one attached hydrogen (secondary N) is 1. The Morgan fingerprint density at radius 2 is 2.10 bits per heavy atom. The van der Waals surface area contributed by atoms with E-state index in [0.717, 1.165) is 10.9 Å². The molecule has 2 rings (SSSR count). The lowest BCUT2D eigenvalue weighted by Crippen LogP contribution is -2.29. The molecule has 0 radical (unpaired) electrons. The summed E-state index contributed by atoms with van der Waals surface area (Å²) in [6, 6.07) is 8.87. The average molecular weight is 307 g/mol. The van der Waals surface area contributed by atoms with Crippen molar-refractivity contribution in [1.29, 1.82) is 0 Å². The zero-order valence-electron chi connectivity index (χ0n) is 12.1. The van der Waals surface area contributed by atoms with E-state index in [-0.39, 0.29) is 17.9 Å². The van der Waals surface area contributed by atoms with Crippen LogP contribution in [0, 0.1) is 5.92 Å². The van der Waals surface area contributed by atoms with E-state index in [9.17, 15) is 9.90 Å². The van der Waals surface area contributed by atoms with Gasteiger partial charge in [-0.2, -0.15) is 0 Å². The Morgan fingerprint density at radius 1 is 1.33 bits per heavy atom. The predicted octanol–water partition coefficient (Wildman–Crippen LogP) is 3.03. The van der Waals surface area contributed by atoms with Gasteiger partial charge in [-0.15, -0.1) is 0 Å². The summed E-state index contributed by atoms with van der Waals surface area (Å²) in [5, 5.41) is 13.5. The zero-order chi connectivity index (χ0) is 15.4. The maximum Gasteiger partial charge on any atom is 0.251 e. The zero-order valence-corrected chi connectivity index (χ0v) is 12.9. The van der Waals surface area contributed by atoms with E-state index >= 15 is 0 Å². The Balaban J connectivity index is 2.04. The smallest absolute Gasteiger partial charge is 0.251 e. The molecule has 0 aliphatic heterocycles. The molecule has 0 saturated carbocycles. The van der Waals surface area contributed by atoms with Gasteiger partial charge in [-0.25, -0.2) is 4.98 Å². The van der Waals surface area contributed by atoms with Gasteiger partial charge in [0.15, 0.2) is 0 Å². The second-order valence-electron chi connectivity index (χ2n) is 5.44. The summed E-state index contributed by atoms with van der Waals surface area (Å²) in [4.78, 5) is 16.3. The molecular formula is C16H19ClN2O2. The molecule has 0 unspecified atom stereocenters. The van der Waals surface area contributed by atoms with Crippen molar-refractivity contribution in [3.05, 3.63) is 41.0 Å². The van der Waals surface area contributed by atoms with Crippen molar-refractivity contribution in [2.75, 3.05) is 6.54 Å². The third kappa shape index (κ3) is 4.41. The second-order valence-corrected chi connectivity index (χ2v) is 5.83. The van der Waals surface area contributed by atoms with E-state index in [1.165, 1.54) is 0 Å². The van der Waals surface area contributed by atoms with Gasteiger partial charge in [-0.05, 0) is 49.6 Å². The molecule has 1 aromatic heterocycles. The number of halogens is 1. The summed E-state index contributed by atoms with van der Waals surface area (Å²) in [6.45, 7) is 4.29. The van der Waals surface area contributed by atoms with Gasteiger partial charge in [0, 0.05) is 17.5 Å². The lowest BCUT2D eigenvalue weighted by atomic mass is 10.0. The molecule has 1 heterocycles. The van der Waals surface area contributed by atoms with Crippen LogP contribution in [0.4, 0.5) is 0 Å². The van der Waals surface area contributed by atoms with Crippen molar-refractivity contribution in [2.45, 2.75) is 26.4 Å². The van der Waals surface area contributed by atoms with Gasteiger partial charge in [-0.1, -0.05) is 18.5 Å². The first kappa shape index (κ1) is 15.7. The van der Waals surface area contributed by atoms with Gasteiger partial charge in [0.1, 0.15) is 5.15 Å². The molecule has 0 aliphatic rings. The number of fused-ring (bicyclic) bond motifs is 1. The number of pyridine rings is 1. The molecule has 21 heavy (non-hydrogen) atoms. The highest BCUT2D eigenvalue weighted by Gasteiger charge is 2.10. The quantitative estimate of drug-likeness (QED) is 0.835. The lowest BCUT2D eigenvalue weighted by Gasteiger charge is -2.14. The van der Waals surface area contributed by atoms with Crippen molar-refractivity contribution < 1.29 is 9.90 Å². The maximum atomic E-state index is 12.1. The number of carbonyl (C=O) groups excluding carboxylic acids is 1. The molecule has 0 bridgehead atoms. The highest BCUT2D eigenvalue weighted by Crippen LogP contribution is 2.17. The van der Waals surface area contributed by atoms with Gasteiger partial charge in [0.2, 0.25) is 0 Å². The van der Waals surface area contributed by atoms with E-state index in [4.69, 9.17) is 11.6 Å². The number of aromatic nitrogens is 1. The number of carbonyl (C=O) groups is 1. The van der Waals surface area contributed by atoms with Crippen LogP contribution in [0.1, 0.15) is 30.6 Å². The number of amides is 1. The number of rotatable bonds is 5. The summed E-state index contributed by atoms with van der Waals surface area (Å²) < 4.78 is 0. The van der Waals surface area contributed by atoms with Crippen LogP contribution in [0.25, 0.3) is 10.9 Å². The van der Waals surface area contributed by atoms with E-state index in [2.05, 4.69) is 10.3 Å². The van der Waals surface area contributed by atoms with E-state index in [0.29, 0.717) is 23.7 Å². The molecule has 0 spiro atoms. The molecule has 0 saturated heterocycles. The first-order valence-corrected chi connectivity index (χ1v) is 7.36. The third-order valence-corrected chi connectivity index (χ3v) is 3.48. The lowest BCUT2D eigenvalue weighted by molar-refractivity contribution is 0.0939. The average Bonchev–Trinajstić information content (AvgIpc) is 2.43. The molecule has 0 fully saturated rings. The minimum Gasteiger partial charge on any atom is -0.393 e. The predicted molar refractivity (Wildman–Crippen MR) is 84.5 cm³/mol. The van der Waals surface area contributed by atoms with Crippen LogP contribution in [-0.4, -0.2) is 28.6 Å². The normalized spacial score (nSPS) is 13.9. The molecule has 112 valence electrons. The first-order valence-electron chi connectivity index (χ1n) is 6.98. The van der Waals surface area contributed by atoms with Crippen LogP contribution in [0.5, 0.6) is 0 Å². The van der Waals surface area contributed by atoms with Crippen molar-refractivity contribution >= 4 is 28.4 Å². The van der Waals surface area contributed by atoms with E-state index in [1.807, 2.05) is 13.0 Å². The van der Waals surface area contributed by atoms with Crippen LogP contribution in [0.3, 0.4) is 0 Å². The van der Waals surface area contributed by atoms with Crippen molar-refractivity contribution in [3.8, 4) is 0 Å². The van der Waals surface area contributed by atoms with Gasteiger partial charge >= 0.3 is 0 Å². The monoisotopic (exact) mass is 306 g/mol. The Morgan fingerprint density at radius 3 is 2.81 bits per heavy atom. The largest absolute Gasteiger partial charge is 0.393 e. The van der Waals surface area contributed by atoms with Crippen LogP contribution in [0.2, 0.25) is 5.15 Å². The summed E-state index contributed by atoms with van der Waals surface area (Å²) in [5.41, 5.74) is 1.36. The minimum atomic E-state index is -0.353. The molecular weight excluding hydrogens is 288 g/mol. The summed E-state index contributed by atoms with van der Waals surface area (Å²) in [7, 11) is 0. The third-order valence-electron chi connectivity index (χ3n) is 3.27. The Kier molecular flexibility index (Phi) is 5.15. The van der Waals surface area contributed by atoms with Crippen molar-refractivity contribution in [1.82, 2.24) is 10.3 Å². The number of aliphatic hydroxyl groups excluding tert-OH is 1. The van der Waals surface area contributed by atoms with E-state index in [1.54, 1.807) is 31.2 Å². The number of hydrogen-bond acceptors (Lipinski definition) is 3. The fraction of sp³-hybridized carbons (Fsp3) is 0.375. The molecule has 1 amide bonds. The van der Waals surface area contributed by atoms with Crippen LogP contribution in [-0.2, 0) is 0 Å². The van der Waals surface area contributed by atoms with E-state index < -0.39 is 0 Å². The van der Waals surface area contributed by atoms with Gasteiger partial charge in [0.25, 0.3) is 5.91 Å². The molecule has 1 aromatic carbocycles. The van der Waals surface area contributed by atoms with Crippen LogP contribution in [0.15, 0.2) is 30.3 Å². The second kappa shape index (κ2) is 6.87. The van der Waals surface area contributed by atoms with Gasteiger partial charge < -0.3 is 10.4 Å². The fourth-order valence-corrected chi connectivity index (χ4v) is 2.43. The Bertz CT molecular complexity index is 643. The summed E-state index contributed by atoms with van der Waals surface area (Å²) in [6.07, 6.45) is 0.314. The van der Waals surface area contributed by atoms with Crippen molar-refractivity contribution in [2.24, 2.45) is 5.92 Å². The standard InChI is InChI=1S/C16H19ClN2O2/c1-10(7-11(2)20)9-18-16(21)13-3-5-14-12(8-13)4-6-15(17)19-14/h3-6,8,10-11,20H,7,9H2,1-2H3,(H,18,21)/t10-,11-/m0/s1. The summed E-state index contributed by atoms with van der Waals surface area (Å²) in [5.74, 6) is 0.110. The Labute approximate surface area is 129 Å². The Hall–Kier alpha value is -1.65. The van der Waals surface area contributed by atoms with Crippen LogP contribution < -0.4 is 5.32 Å². The van der Waals surface area contributed by atoms with Crippen LogP contribution >= 0.6 is 11.6 Å². The number of hydrogen-bond donors (Lipinski definition) is 2. The topological polar surface area (TPSA) is 62.2 Å². The highest BCUT2D eigenvalue weighted by molar-refractivity contribution is 6.29. The minimum absolute atomic E-state index is 0.121. The number of nitrogens with zero attached hydrogens (tertiary/aromatic N) is 1. The molecule has 5 heteroatoms. The fourth-order valence-electron chi connectivity index (χ4n) is 2.28. The molecule has 2 N–H and O–H groups in total. The number of benzene rings is 1. The van der Waals surface area contributed by atoms with Gasteiger partial charge in [-0.3, -0.25) is 4.79 Å².